The van der Waals surface area contributed by atoms with Gasteiger partial charge >= 0.3 is 0 Å². The second-order valence-corrected chi connectivity index (χ2v) is 7.77. The number of halogens is 1. The molecular formula is C25H20FN3O4. The summed E-state index contributed by atoms with van der Waals surface area (Å²) in [6.45, 7) is 3.65. The van der Waals surface area contributed by atoms with E-state index in [0.29, 0.717) is 11.3 Å². The summed E-state index contributed by atoms with van der Waals surface area (Å²) in [7, 11) is 0. The molecule has 2 amide bonds. The fraction of sp³-hybridized carbons (Fsp3) is 0.120. The summed E-state index contributed by atoms with van der Waals surface area (Å²) in [5.41, 5.74) is 3.20. The van der Waals surface area contributed by atoms with Gasteiger partial charge in [-0.3, -0.25) is 24.6 Å². The molecule has 1 aliphatic rings. The number of nitrogens with zero attached hydrogens (tertiary/aromatic N) is 2. The maximum absolute atomic E-state index is 14.2. The quantitative estimate of drug-likeness (QED) is 0.336. The van der Waals surface area contributed by atoms with Gasteiger partial charge in [0.1, 0.15) is 11.5 Å². The number of nitro groups is 1. The zero-order chi connectivity index (χ0) is 23.7. The summed E-state index contributed by atoms with van der Waals surface area (Å²) < 4.78 is 14.2. The van der Waals surface area contributed by atoms with Crippen molar-refractivity contribution >= 4 is 28.8 Å². The highest BCUT2D eigenvalue weighted by Crippen LogP contribution is 2.33. The number of nitro benzene ring substituents is 1. The molecule has 0 unspecified atom stereocenters. The Morgan fingerprint density at radius 3 is 2.27 bits per heavy atom. The minimum absolute atomic E-state index is 0.0356. The smallest absolute Gasteiger partial charge is 0.278 e. The Bertz CT molecular complexity index is 1320. The SMILES string of the molecule is Cc1ccc(NC2=C(c3ccc([N+](=O)[O-])cc3)C(=O)N(Cc3ccccc3F)C2=O)cc1C. The van der Waals surface area contributed by atoms with E-state index in [-0.39, 0.29) is 29.1 Å². The van der Waals surface area contributed by atoms with E-state index in [9.17, 15) is 24.1 Å². The van der Waals surface area contributed by atoms with Gasteiger partial charge in [-0.05, 0) is 60.9 Å². The Kier molecular flexibility index (Phi) is 5.74. The third kappa shape index (κ3) is 4.23. The third-order valence-electron chi connectivity index (χ3n) is 5.60. The molecular weight excluding hydrogens is 425 g/mol. The molecule has 0 saturated heterocycles. The van der Waals surface area contributed by atoms with Crippen LogP contribution in [0.25, 0.3) is 5.57 Å². The molecule has 7 nitrogen and oxygen atoms in total. The van der Waals surface area contributed by atoms with E-state index in [4.69, 9.17) is 0 Å². The number of nitrogens with one attached hydrogen (secondary N) is 1. The van der Waals surface area contributed by atoms with Crippen molar-refractivity contribution in [3.63, 3.8) is 0 Å². The maximum atomic E-state index is 14.2. The highest BCUT2D eigenvalue weighted by molar-refractivity contribution is 6.36. The lowest BCUT2D eigenvalue weighted by Gasteiger charge is -2.16. The molecule has 4 rings (SSSR count). The Hall–Kier alpha value is -4.33. The zero-order valence-electron chi connectivity index (χ0n) is 18.0. The van der Waals surface area contributed by atoms with Crippen LogP contribution in [0, 0.1) is 29.8 Å². The molecule has 1 aliphatic heterocycles. The number of rotatable bonds is 6. The van der Waals surface area contributed by atoms with Crippen LogP contribution in [-0.4, -0.2) is 21.6 Å². The Labute approximate surface area is 189 Å². The predicted molar refractivity (Wildman–Crippen MR) is 122 cm³/mol. The number of hydrogen-bond acceptors (Lipinski definition) is 5. The highest BCUT2D eigenvalue weighted by Gasteiger charge is 2.39. The van der Waals surface area contributed by atoms with Crippen LogP contribution in [0.1, 0.15) is 22.3 Å². The first kappa shape index (κ1) is 21.9. The minimum atomic E-state index is -0.608. The highest BCUT2D eigenvalue weighted by atomic mass is 19.1. The van der Waals surface area contributed by atoms with Gasteiger partial charge in [-0.2, -0.15) is 0 Å². The largest absolute Gasteiger partial charge is 0.350 e. The van der Waals surface area contributed by atoms with Crippen molar-refractivity contribution in [2.45, 2.75) is 20.4 Å². The number of non-ortho nitro benzene ring substituents is 1. The molecule has 0 spiro atoms. The average Bonchev–Trinajstić information content (AvgIpc) is 3.02. The van der Waals surface area contributed by atoms with Crippen molar-refractivity contribution in [1.82, 2.24) is 4.90 Å². The number of anilines is 1. The number of carbonyl (C=O) groups excluding carboxylic acids is 2. The molecule has 0 bridgehead atoms. The molecule has 33 heavy (non-hydrogen) atoms. The number of aryl methyl sites for hydroxylation is 2. The van der Waals surface area contributed by atoms with Gasteiger partial charge in [0, 0.05) is 23.4 Å². The first-order valence-electron chi connectivity index (χ1n) is 10.2. The monoisotopic (exact) mass is 445 g/mol. The first-order valence-corrected chi connectivity index (χ1v) is 10.2. The van der Waals surface area contributed by atoms with Crippen LogP contribution in [-0.2, 0) is 16.1 Å². The van der Waals surface area contributed by atoms with Crippen molar-refractivity contribution in [2.24, 2.45) is 0 Å². The Balaban J connectivity index is 1.77. The Morgan fingerprint density at radius 1 is 0.939 bits per heavy atom. The topological polar surface area (TPSA) is 92.6 Å². The van der Waals surface area contributed by atoms with Gasteiger partial charge < -0.3 is 5.32 Å². The lowest BCUT2D eigenvalue weighted by atomic mass is 10.0. The van der Waals surface area contributed by atoms with Gasteiger partial charge in [-0.15, -0.1) is 0 Å². The molecule has 3 aromatic rings. The van der Waals surface area contributed by atoms with E-state index in [1.807, 2.05) is 26.0 Å². The second-order valence-electron chi connectivity index (χ2n) is 7.77. The average molecular weight is 445 g/mol. The maximum Gasteiger partial charge on any atom is 0.278 e. The predicted octanol–water partition coefficient (Wildman–Crippen LogP) is 4.74. The van der Waals surface area contributed by atoms with Gasteiger partial charge in [-0.25, -0.2) is 4.39 Å². The van der Waals surface area contributed by atoms with Gasteiger partial charge in [0.2, 0.25) is 0 Å². The number of carbonyl (C=O) groups is 2. The first-order chi connectivity index (χ1) is 15.8. The molecule has 1 heterocycles. The minimum Gasteiger partial charge on any atom is -0.350 e. The van der Waals surface area contributed by atoms with E-state index in [0.717, 1.165) is 16.0 Å². The summed E-state index contributed by atoms with van der Waals surface area (Å²) in [6, 6.07) is 16.9. The van der Waals surface area contributed by atoms with Gasteiger partial charge in [0.15, 0.2) is 0 Å². The van der Waals surface area contributed by atoms with E-state index in [1.54, 1.807) is 12.1 Å². The Morgan fingerprint density at radius 2 is 1.64 bits per heavy atom. The van der Waals surface area contributed by atoms with Gasteiger partial charge in [-0.1, -0.05) is 24.3 Å². The molecule has 1 N–H and O–H groups in total. The summed E-state index contributed by atoms with van der Waals surface area (Å²) in [4.78, 5) is 38.1. The number of amides is 2. The van der Waals surface area contributed by atoms with Crippen molar-refractivity contribution in [1.29, 1.82) is 0 Å². The fourth-order valence-corrected chi connectivity index (χ4v) is 3.61. The fourth-order valence-electron chi connectivity index (χ4n) is 3.61. The van der Waals surface area contributed by atoms with Crippen LogP contribution in [0.15, 0.2) is 72.4 Å². The lowest BCUT2D eigenvalue weighted by molar-refractivity contribution is -0.384. The van der Waals surface area contributed by atoms with E-state index >= 15 is 0 Å². The van der Waals surface area contributed by atoms with Gasteiger partial charge in [0.05, 0.1) is 17.0 Å². The van der Waals surface area contributed by atoms with Crippen LogP contribution >= 0.6 is 0 Å². The summed E-state index contributed by atoms with van der Waals surface area (Å²) in [6.07, 6.45) is 0. The summed E-state index contributed by atoms with van der Waals surface area (Å²) in [5.74, 6) is -1.73. The van der Waals surface area contributed by atoms with Crippen molar-refractivity contribution < 1.29 is 18.9 Å². The molecule has 0 saturated carbocycles. The van der Waals surface area contributed by atoms with Crippen molar-refractivity contribution in [2.75, 3.05) is 5.32 Å². The van der Waals surface area contributed by atoms with E-state index < -0.39 is 22.6 Å². The van der Waals surface area contributed by atoms with Crippen LogP contribution in [0.2, 0.25) is 0 Å². The third-order valence-corrected chi connectivity index (χ3v) is 5.60. The number of imide groups is 1. The summed E-state index contributed by atoms with van der Waals surface area (Å²) >= 11 is 0. The zero-order valence-corrected chi connectivity index (χ0v) is 18.0. The molecule has 0 fully saturated rings. The van der Waals surface area contributed by atoms with Crippen molar-refractivity contribution in [3.05, 3.63) is 111 Å². The molecule has 166 valence electrons. The van der Waals surface area contributed by atoms with Crippen LogP contribution in [0.4, 0.5) is 15.8 Å². The molecule has 3 aromatic carbocycles. The normalized spacial score (nSPS) is 13.6. The molecule has 0 atom stereocenters. The van der Waals surface area contributed by atoms with Crippen LogP contribution < -0.4 is 5.32 Å². The van der Waals surface area contributed by atoms with Crippen LogP contribution in [0.5, 0.6) is 0 Å². The lowest BCUT2D eigenvalue weighted by Crippen LogP contribution is -2.32. The van der Waals surface area contributed by atoms with Crippen molar-refractivity contribution in [3.8, 4) is 0 Å². The molecule has 0 aromatic heterocycles. The summed E-state index contributed by atoms with van der Waals surface area (Å²) in [5, 5.41) is 14.1. The number of benzene rings is 3. The number of hydrogen-bond donors (Lipinski definition) is 1. The van der Waals surface area contributed by atoms with E-state index in [2.05, 4.69) is 5.32 Å². The van der Waals surface area contributed by atoms with Crippen LogP contribution in [0.3, 0.4) is 0 Å². The standard InChI is InChI=1S/C25H20FN3O4/c1-15-7-10-19(13-16(15)2)27-23-22(17-8-11-20(12-9-17)29(32)33)24(30)28(25(23)31)14-18-5-3-4-6-21(18)26/h3-13,27H,14H2,1-2H3. The molecule has 0 radical (unpaired) electrons. The molecule has 8 heteroatoms. The molecule has 0 aliphatic carbocycles. The van der Waals surface area contributed by atoms with Gasteiger partial charge in [0.25, 0.3) is 17.5 Å². The second kappa shape index (κ2) is 8.66. The van der Waals surface area contributed by atoms with E-state index in [1.165, 1.54) is 42.5 Å².